The number of imide groups is 1. The van der Waals surface area contributed by atoms with Crippen molar-refractivity contribution in [3.8, 4) is 0 Å². The maximum absolute atomic E-state index is 11.7. The molecule has 0 spiro atoms. The van der Waals surface area contributed by atoms with E-state index in [9.17, 15) is 19.5 Å². The third kappa shape index (κ3) is 8.61. The first-order chi connectivity index (χ1) is 12.4. The summed E-state index contributed by atoms with van der Waals surface area (Å²) < 4.78 is 5.06. The van der Waals surface area contributed by atoms with E-state index in [-0.39, 0.29) is 30.9 Å². The number of rotatable bonds is 12. The van der Waals surface area contributed by atoms with Gasteiger partial charge in [0, 0.05) is 38.6 Å². The molecule has 0 radical (unpaired) electrons. The standard InChI is InChI=1S/C17H27N3O6/c1-3-25-13(2)19-26-12-14(21)11-18-15(22)7-5-4-6-10-20-16(23)8-9-17(20)24/h8-9,14,21H,3-7,10-12H2,1-2H3,(H,18,22). The number of amides is 3. The number of hydrogen-bond donors (Lipinski definition) is 2. The lowest BCUT2D eigenvalue weighted by Crippen LogP contribution is -2.34. The highest BCUT2D eigenvalue weighted by molar-refractivity contribution is 6.12. The van der Waals surface area contributed by atoms with E-state index in [4.69, 9.17) is 9.57 Å². The molecular formula is C17H27N3O6. The monoisotopic (exact) mass is 369 g/mol. The van der Waals surface area contributed by atoms with Gasteiger partial charge in [-0.15, -0.1) is 0 Å². The van der Waals surface area contributed by atoms with Crippen LogP contribution < -0.4 is 5.32 Å². The van der Waals surface area contributed by atoms with Crippen LogP contribution in [-0.2, 0) is 24.0 Å². The predicted octanol–water partition coefficient (Wildman–Crippen LogP) is 0.335. The van der Waals surface area contributed by atoms with E-state index < -0.39 is 6.10 Å². The van der Waals surface area contributed by atoms with Gasteiger partial charge in [0.05, 0.1) is 6.61 Å². The van der Waals surface area contributed by atoms with Crippen molar-refractivity contribution < 1.29 is 29.1 Å². The molecule has 146 valence electrons. The van der Waals surface area contributed by atoms with Gasteiger partial charge in [0.15, 0.2) is 0 Å². The number of nitrogens with zero attached hydrogens (tertiary/aromatic N) is 2. The minimum Gasteiger partial charge on any atom is -0.479 e. The van der Waals surface area contributed by atoms with Gasteiger partial charge in [-0.3, -0.25) is 19.3 Å². The van der Waals surface area contributed by atoms with Crippen molar-refractivity contribution in [1.29, 1.82) is 0 Å². The molecule has 1 aliphatic heterocycles. The van der Waals surface area contributed by atoms with E-state index in [1.54, 1.807) is 6.92 Å². The van der Waals surface area contributed by atoms with Crippen molar-refractivity contribution >= 4 is 23.6 Å². The lowest BCUT2D eigenvalue weighted by Gasteiger charge is -2.13. The maximum Gasteiger partial charge on any atom is 0.253 e. The summed E-state index contributed by atoms with van der Waals surface area (Å²) in [6.45, 7) is 4.35. The Labute approximate surface area is 153 Å². The Morgan fingerprint density at radius 2 is 1.96 bits per heavy atom. The fourth-order valence-electron chi connectivity index (χ4n) is 2.21. The summed E-state index contributed by atoms with van der Waals surface area (Å²) in [4.78, 5) is 40.5. The Balaban J connectivity index is 2.03. The fourth-order valence-corrected chi connectivity index (χ4v) is 2.21. The van der Waals surface area contributed by atoms with Crippen LogP contribution in [0.4, 0.5) is 0 Å². The second-order valence-corrected chi connectivity index (χ2v) is 5.77. The van der Waals surface area contributed by atoms with Crippen LogP contribution in [0.3, 0.4) is 0 Å². The number of hydrogen-bond acceptors (Lipinski definition) is 7. The number of oxime groups is 1. The van der Waals surface area contributed by atoms with Crippen LogP contribution >= 0.6 is 0 Å². The highest BCUT2D eigenvalue weighted by Crippen LogP contribution is 2.07. The molecule has 0 bridgehead atoms. The number of ether oxygens (including phenoxy) is 1. The van der Waals surface area contributed by atoms with Crippen molar-refractivity contribution in [2.75, 3.05) is 26.3 Å². The highest BCUT2D eigenvalue weighted by atomic mass is 16.7. The summed E-state index contributed by atoms with van der Waals surface area (Å²) in [5.74, 6) is -0.376. The summed E-state index contributed by atoms with van der Waals surface area (Å²) in [5.41, 5.74) is 0. The maximum atomic E-state index is 11.7. The number of aliphatic hydroxyl groups excluding tert-OH is 1. The van der Waals surface area contributed by atoms with Gasteiger partial charge < -0.3 is 20.0 Å². The highest BCUT2D eigenvalue weighted by Gasteiger charge is 2.22. The number of carbonyl (C=O) groups excluding carboxylic acids is 3. The third-order valence-electron chi connectivity index (χ3n) is 3.53. The van der Waals surface area contributed by atoms with Crippen LogP contribution in [-0.4, -0.2) is 66.0 Å². The molecule has 0 fully saturated rings. The Hall–Kier alpha value is -2.42. The second kappa shape index (κ2) is 12.0. The quantitative estimate of drug-likeness (QED) is 0.168. The summed E-state index contributed by atoms with van der Waals surface area (Å²) >= 11 is 0. The number of nitrogens with one attached hydrogen (secondary N) is 1. The van der Waals surface area contributed by atoms with Crippen LogP contribution in [0.25, 0.3) is 0 Å². The lowest BCUT2D eigenvalue weighted by molar-refractivity contribution is -0.137. The zero-order valence-corrected chi connectivity index (χ0v) is 15.3. The van der Waals surface area contributed by atoms with Gasteiger partial charge in [0.2, 0.25) is 11.8 Å². The lowest BCUT2D eigenvalue weighted by atomic mass is 10.2. The van der Waals surface area contributed by atoms with E-state index in [0.717, 1.165) is 6.42 Å². The number of unbranched alkanes of at least 4 members (excludes halogenated alkanes) is 2. The molecule has 9 heteroatoms. The molecule has 0 aromatic carbocycles. The molecule has 1 heterocycles. The second-order valence-electron chi connectivity index (χ2n) is 5.77. The smallest absolute Gasteiger partial charge is 0.253 e. The van der Waals surface area contributed by atoms with Gasteiger partial charge in [-0.25, -0.2) is 0 Å². The average molecular weight is 369 g/mol. The van der Waals surface area contributed by atoms with E-state index in [2.05, 4.69) is 10.5 Å². The summed E-state index contributed by atoms with van der Waals surface area (Å²) in [6.07, 6.45) is 3.98. The van der Waals surface area contributed by atoms with Gasteiger partial charge in [-0.2, -0.15) is 0 Å². The van der Waals surface area contributed by atoms with Crippen molar-refractivity contribution in [1.82, 2.24) is 10.2 Å². The summed E-state index contributed by atoms with van der Waals surface area (Å²) in [6, 6.07) is 0. The van der Waals surface area contributed by atoms with Gasteiger partial charge in [0.1, 0.15) is 12.7 Å². The largest absolute Gasteiger partial charge is 0.479 e. The molecule has 1 aliphatic rings. The number of carbonyl (C=O) groups is 3. The number of aliphatic hydroxyl groups is 1. The van der Waals surface area contributed by atoms with Gasteiger partial charge in [-0.05, 0) is 19.8 Å². The van der Waals surface area contributed by atoms with Crippen LogP contribution in [0.5, 0.6) is 0 Å². The van der Waals surface area contributed by atoms with Crippen molar-refractivity contribution in [3.63, 3.8) is 0 Å². The van der Waals surface area contributed by atoms with Gasteiger partial charge >= 0.3 is 0 Å². The summed E-state index contributed by atoms with van der Waals surface area (Å²) in [5, 5.41) is 16.0. The van der Waals surface area contributed by atoms with Crippen molar-refractivity contribution in [2.24, 2.45) is 5.16 Å². The zero-order chi connectivity index (χ0) is 19.4. The molecule has 26 heavy (non-hydrogen) atoms. The molecule has 0 aliphatic carbocycles. The first-order valence-electron chi connectivity index (χ1n) is 8.71. The molecule has 2 N–H and O–H groups in total. The zero-order valence-electron chi connectivity index (χ0n) is 15.3. The molecular weight excluding hydrogens is 342 g/mol. The molecule has 1 atom stereocenters. The molecule has 1 unspecified atom stereocenters. The minimum atomic E-state index is -0.864. The molecule has 1 rings (SSSR count). The first kappa shape index (κ1) is 21.6. The van der Waals surface area contributed by atoms with Crippen LogP contribution in [0.2, 0.25) is 0 Å². The van der Waals surface area contributed by atoms with Crippen LogP contribution in [0.1, 0.15) is 39.5 Å². The van der Waals surface area contributed by atoms with Gasteiger partial charge in [-0.1, -0.05) is 11.6 Å². The normalized spacial score (nSPS) is 15.3. The molecule has 0 saturated heterocycles. The van der Waals surface area contributed by atoms with Crippen molar-refractivity contribution in [2.45, 2.75) is 45.6 Å². The van der Waals surface area contributed by atoms with E-state index in [1.165, 1.54) is 17.1 Å². The van der Waals surface area contributed by atoms with E-state index in [1.807, 2.05) is 6.92 Å². The molecule has 0 aromatic heterocycles. The van der Waals surface area contributed by atoms with Crippen molar-refractivity contribution in [3.05, 3.63) is 12.2 Å². The Bertz CT molecular complexity index is 529. The SMILES string of the molecule is CCOC(C)=NOCC(O)CNC(=O)CCCCCN1C(=O)C=CC1=O. The first-order valence-corrected chi connectivity index (χ1v) is 8.71. The Morgan fingerprint density at radius 3 is 2.62 bits per heavy atom. The predicted molar refractivity (Wildman–Crippen MR) is 94.0 cm³/mol. The fraction of sp³-hybridized carbons (Fsp3) is 0.647. The molecule has 3 amide bonds. The minimum absolute atomic E-state index is 0.0450. The molecule has 9 nitrogen and oxygen atoms in total. The van der Waals surface area contributed by atoms with Crippen LogP contribution in [0.15, 0.2) is 17.3 Å². The van der Waals surface area contributed by atoms with E-state index in [0.29, 0.717) is 38.3 Å². The third-order valence-corrected chi connectivity index (χ3v) is 3.53. The molecule has 0 aromatic rings. The summed E-state index contributed by atoms with van der Waals surface area (Å²) in [7, 11) is 0. The molecule has 0 saturated carbocycles. The Morgan fingerprint density at radius 1 is 1.27 bits per heavy atom. The van der Waals surface area contributed by atoms with E-state index >= 15 is 0 Å². The Kier molecular flexibility index (Phi) is 9.99. The topological polar surface area (TPSA) is 118 Å². The average Bonchev–Trinajstić information content (AvgIpc) is 2.91. The van der Waals surface area contributed by atoms with Gasteiger partial charge in [0.25, 0.3) is 11.8 Å². The van der Waals surface area contributed by atoms with Crippen LogP contribution in [0, 0.1) is 0 Å².